The summed E-state index contributed by atoms with van der Waals surface area (Å²) in [5.41, 5.74) is 1.53. The van der Waals surface area contributed by atoms with Crippen molar-refractivity contribution < 1.29 is 9.72 Å². The van der Waals surface area contributed by atoms with Crippen molar-refractivity contribution in [2.45, 2.75) is 6.54 Å². The molecular weight excluding hydrogens is 362 g/mol. The standard InChI is InChI=1S/C16H16BrN3O3/c1-18-14-8-5-12(9-15(14)20(22)23)16(21)19(2)10-11-3-6-13(17)7-4-11/h3-9,18H,10H2,1-2H3. The van der Waals surface area contributed by atoms with E-state index in [0.29, 0.717) is 12.2 Å². The molecule has 0 spiro atoms. The molecule has 0 saturated heterocycles. The van der Waals surface area contributed by atoms with Gasteiger partial charge in [0.2, 0.25) is 0 Å². The van der Waals surface area contributed by atoms with Crippen LogP contribution in [-0.4, -0.2) is 29.8 Å². The molecule has 0 unspecified atom stereocenters. The average molecular weight is 378 g/mol. The van der Waals surface area contributed by atoms with Gasteiger partial charge in [-0.25, -0.2) is 0 Å². The van der Waals surface area contributed by atoms with Crippen LogP contribution < -0.4 is 5.32 Å². The van der Waals surface area contributed by atoms with Crippen LogP contribution in [0.25, 0.3) is 0 Å². The number of nitrogens with zero attached hydrogens (tertiary/aromatic N) is 2. The third-order valence-corrected chi connectivity index (χ3v) is 3.92. The molecule has 0 fully saturated rings. The maximum absolute atomic E-state index is 12.5. The van der Waals surface area contributed by atoms with Crippen molar-refractivity contribution in [3.05, 3.63) is 68.2 Å². The fraction of sp³-hybridized carbons (Fsp3) is 0.188. The number of carbonyl (C=O) groups is 1. The van der Waals surface area contributed by atoms with E-state index in [1.807, 2.05) is 24.3 Å². The average Bonchev–Trinajstić information content (AvgIpc) is 2.55. The summed E-state index contributed by atoms with van der Waals surface area (Å²) in [6.07, 6.45) is 0. The summed E-state index contributed by atoms with van der Waals surface area (Å²) < 4.78 is 0.966. The fourth-order valence-electron chi connectivity index (χ4n) is 2.18. The molecule has 7 heteroatoms. The topological polar surface area (TPSA) is 75.5 Å². The van der Waals surface area contributed by atoms with E-state index in [9.17, 15) is 14.9 Å². The van der Waals surface area contributed by atoms with E-state index in [2.05, 4.69) is 21.2 Å². The number of hydrogen-bond acceptors (Lipinski definition) is 4. The maximum Gasteiger partial charge on any atom is 0.293 e. The summed E-state index contributed by atoms with van der Waals surface area (Å²) in [4.78, 5) is 24.6. The lowest BCUT2D eigenvalue weighted by Gasteiger charge is -2.17. The third-order valence-electron chi connectivity index (χ3n) is 3.39. The SMILES string of the molecule is CNc1ccc(C(=O)N(C)Cc2ccc(Br)cc2)cc1[N+](=O)[O-]. The van der Waals surface area contributed by atoms with Crippen LogP contribution in [0.1, 0.15) is 15.9 Å². The van der Waals surface area contributed by atoms with E-state index in [4.69, 9.17) is 0 Å². The molecule has 6 nitrogen and oxygen atoms in total. The molecule has 0 saturated carbocycles. The highest BCUT2D eigenvalue weighted by Gasteiger charge is 2.19. The first kappa shape index (κ1) is 17.0. The summed E-state index contributed by atoms with van der Waals surface area (Å²) in [6.45, 7) is 0.424. The molecular formula is C16H16BrN3O3. The molecule has 0 heterocycles. The molecule has 2 aromatic rings. The zero-order valence-corrected chi connectivity index (χ0v) is 14.3. The number of hydrogen-bond donors (Lipinski definition) is 1. The molecule has 0 aliphatic rings. The van der Waals surface area contributed by atoms with Gasteiger partial charge in [0.1, 0.15) is 5.69 Å². The monoisotopic (exact) mass is 377 g/mol. The summed E-state index contributed by atoms with van der Waals surface area (Å²) in [5, 5.41) is 13.8. The second-order valence-electron chi connectivity index (χ2n) is 5.03. The van der Waals surface area contributed by atoms with Gasteiger partial charge >= 0.3 is 0 Å². The second-order valence-corrected chi connectivity index (χ2v) is 5.94. The quantitative estimate of drug-likeness (QED) is 0.636. The number of carbonyl (C=O) groups excluding carboxylic acids is 1. The molecule has 0 bridgehead atoms. The van der Waals surface area contributed by atoms with E-state index < -0.39 is 4.92 Å². The van der Waals surface area contributed by atoms with Gasteiger partial charge < -0.3 is 10.2 Å². The summed E-state index contributed by atoms with van der Waals surface area (Å²) in [6, 6.07) is 12.1. The van der Waals surface area contributed by atoms with E-state index in [1.165, 1.54) is 11.0 Å². The lowest BCUT2D eigenvalue weighted by molar-refractivity contribution is -0.384. The van der Waals surface area contributed by atoms with Gasteiger partial charge in [-0.1, -0.05) is 28.1 Å². The van der Waals surface area contributed by atoms with E-state index in [-0.39, 0.29) is 17.2 Å². The normalized spacial score (nSPS) is 10.2. The Morgan fingerprint density at radius 1 is 1.26 bits per heavy atom. The van der Waals surface area contributed by atoms with Crippen molar-refractivity contribution in [2.24, 2.45) is 0 Å². The molecule has 0 aromatic heterocycles. The van der Waals surface area contributed by atoms with Gasteiger partial charge in [-0.05, 0) is 29.8 Å². The molecule has 0 radical (unpaired) electrons. The van der Waals surface area contributed by atoms with Crippen molar-refractivity contribution in [3.8, 4) is 0 Å². The van der Waals surface area contributed by atoms with Crippen molar-refractivity contribution in [3.63, 3.8) is 0 Å². The molecule has 1 amide bonds. The third kappa shape index (κ3) is 4.07. The Kier molecular flexibility index (Phi) is 5.33. The number of benzene rings is 2. The fourth-order valence-corrected chi connectivity index (χ4v) is 2.45. The Morgan fingerprint density at radius 3 is 2.48 bits per heavy atom. The Hall–Kier alpha value is -2.41. The van der Waals surface area contributed by atoms with Crippen LogP contribution in [0.3, 0.4) is 0 Å². The minimum atomic E-state index is -0.503. The van der Waals surface area contributed by atoms with E-state index >= 15 is 0 Å². The molecule has 2 rings (SSSR count). The van der Waals surface area contributed by atoms with Crippen LogP contribution in [0, 0.1) is 10.1 Å². The number of nitro groups is 1. The first-order valence-electron chi connectivity index (χ1n) is 6.88. The highest BCUT2D eigenvalue weighted by molar-refractivity contribution is 9.10. The number of rotatable bonds is 5. The smallest absolute Gasteiger partial charge is 0.293 e. The van der Waals surface area contributed by atoms with Crippen LogP contribution in [0.5, 0.6) is 0 Å². The first-order chi connectivity index (χ1) is 10.9. The minimum absolute atomic E-state index is 0.115. The van der Waals surface area contributed by atoms with Gasteiger partial charge in [0, 0.05) is 36.7 Å². The Labute approximate surface area is 142 Å². The molecule has 1 N–H and O–H groups in total. The van der Waals surface area contributed by atoms with Gasteiger partial charge in [-0.3, -0.25) is 14.9 Å². The molecule has 0 aliphatic heterocycles. The van der Waals surface area contributed by atoms with Gasteiger partial charge in [0.15, 0.2) is 0 Å². The van der Waals surface area contributed by atoms with Gasteiger partial charge in [0.25, 0.3) is 11.6 Å². The predicted octanol–water partition coefficient (Wildman–Crippen LogP) is 3.67. The largest absolute Gasteiger partial charge is 0.383 e. The van der Waals surface area contributed by atoms with Crippen LogP contribution in [-0.2, 0) is 6.54 Å². The number of anilines is 1. The van der Waals surface area contributed by atoms with Crippen molar-refractivity contribution in [2.75, 3.05) is 19.4 Å². The molecule has 120 valence electrons. The van der Waals surface area contributed by atoms with Crippen LogP contribution in [0.4, 0.5) is 11.4 Å². The van der Waals surface area contributed by atoms with Gasteiger partial charge in [-0.2, -0.15) is 0 Å². The van der Waals surface area contributed by atoms with Crippen molar-refractivity contribution in [1.82, 2.24) is 4.90 Å². The highest BCUT2D eigenvalue weighted by Crippen LogP contribution is 2.25. The number of halogens is 1. The van der Waals surface area contributed by atoms with E-state index in [0.717, 1.165) is 10.0 Å². The lowest BCUT2D eigenvalue weighted by atomic mass is 10.1. The number of nitrogens with one attached hydrogen (secondary N) is 1. The summed E-state index contributed by atoms with van der Waals surface area (Å²) in [5.74, 6) is -0.265. The van der Waals surface area contributed by atoms with Crippen LogP contribution in [0.15, 0.2) is 46.9 Å². The summed E-state index contributed by atoms with van der Waals surface area (Å²) in [7, 11) is 3.27. The first-order valence-corrected chi connectivity index (χ1v) is 7.67. The summed E-state index contributed by atoms with van der Waals surface area (Å²) >= 11 is 3.36. The zero-order chi connectivity index (χ0) is 17.0. The second kappa shape index (κ2) is 7.23. The Bertz CT molecular complexity index is 732. The lowest BCUT2D eigenvalue weighted by Crippen LogP contribution is -2.26. The van der Waals surface area contributed by atoms with Gasteiger partial charge in [0.05, 0.1) is 4.92 Å². The molecule has 2 aromatic carbocycles. The Balaban J connectivity index is 2.20. The number of nitro benzene ring substituents is 1. The highest BCUT2D eigenvalue weighted by atomic mass is 79.9. The molecule has 23 heavy (non-hydrogen) atoms. The predicted molar refractivity (Wildman–Crippen MR) is 92.6 cm³/mol. The van der Waals surface area contributed by atoms with Crippen molar-refractivity contribution in [1.29, 1.82) is 0 Å². The van der Waals surface area contributed by atoms with Crippen LogP contribution >= 0.6 is 15.9 Å². The zero-order valence-electron chi connectivity index (χ0n) is 12.7. The Morgan fingerprint density at radius 2 is 1.91 bits per heavy atom. The minimum Gasteiger partial charge on any atom is -0.383 e. The van der Waals surface area contributed by atoms with Crippen molar-refractivity contribution >= 4 is 33.2 Å². The molecule has 0 atom stereocenters. The molecule has 0 aliphatic carbocycles. The van der Waals surface area contributed by atoms with Crippen LogP contribution in [0.2, 0.25) is 0 Å². The van der Waals surface area contributed by atoms with E-state index in [1.54, 1.807) is 26.2 Å². The number of amides is 1. The van der Waals surface area contributed by atoms with Gasteiger partial charge in [-0.15, -0.1) is 0 Å². The maximum atomic E-state index is 12.5.